The highest BCUT2D eigenvalue weighted by Gasteiger charge is 2.45. The van der Waals surface area contributed by atoms with Gasteiger partial charge in [0.15, 0.2) is 0 Å². The lowest BCUT2D eigenvalue weighted by Crippen LogP contribution is -2.63. The molecule has 3 heterocycles. The molecule has 2 aromatic rings. The molecule has 31 heavy (non-hydrogen) atoms. The van der Waals surface area contributed by atoms with Gasteiger partial charge in [-0.3, -0.25) is 9.79 Å². The number of anilines is 2. The molecule has 1 spiro atoms. The molecule has 1 aliphatic carbocycles. The summed E-state index contributed by atoms with van der Waals surface area (Å²) in [5.41, 5.74) is 3.47. The number of carbonyl (C=O) groups excluding carboxylic acids is 1. The van der Waals surface area contributed by atoms with Crippen LogP contribution in [0.25, 0.3) is 0 Å². The Morgan fingerprint density at radius 1 is 1.23 bits per heavy atom. The van der Waals surface area contributed by atoms with Gasteiger partial charge >= 0.3 is 0 Å². The number of aromatic nitrogens is 1. The van der Waals surface area contributed by atoms with Crippen molar-refractivity contribution in [2.75, 3.05) is 23.7 Å². The van der Waals surface area contributed by atoms with E-state index in [0.717, 1.165) is 66.5 Å². The molecule has 7 nitrogen and oxygen atoms in total. The van der Waals surface area contributed by atoms with Gasteiger partial charge in [0.25, 0.3) is 0 Å². The number of carbonyl (C=O) groups is 1. The fourth-order valence-electron chi connectivity index (χ4n) is 5.22. The first kappa shape index (κ1) is 20.1. The van der Waals surface area contributed by atoms with E-state index in [1.54, 1.807) is 0 Å². The number of nitrogens with zero attached hydrogens (tertiary/aromatic N) is 3. The minimum atomic E-state index is -0.371. The van der Waals surface area contributed by atoms with Crippen molar-refractivity contribution in [1.29, 1.82) is 0 Å². The summed E-state index contributed by atoms with van der Waals surface area (Å²) in [5.74, 6) is 1.84. The van der Waals surface area contributed by atoms with Crippen molar-refractivity contribution >= 4 is 23.1 Å². The molecule has 2 fully saturated rings. The summed E-state index contributed by atoms with van der Waals surface area (Å²) >= 11 is 0. The molecule has 7 heteroatoms. The molecule has 1 aromatic carbocycles. The summed E-state index contributed by atoms with van der Waals surface area (Å²) in [5, 5.41) is 11.4. The second-order valence-electron chi connectivity index (χ2n) is 9.19. The predicted octanol–water partition coefficient (Wildman–Crippen LogP) is 4.07. The molecular weight excluding hydrogens is 390 g/mol. The zero-order valence-corrected chi connectivity index (χ0v) is 18.4. The number of para-hydroxylation sites is 2. The maximum atomic E-state index is 13.3. The van der Waals surface area contributed by atoms with Gasteiger partial charge in [-0.2, -0.15) is 0 Å². The molecular formula is C24H31N5O2. The van der Waals surface area contributed by atoms with Crippen molar-refractivity contribution in [3.8, 4) is 0 Å². The molecule has 2 N–H and O–H groups in total. The number of likely N-dealkylation sites (tertiary alicyclic amines) is 1. The molecule has 0 radical (unpaired) electrons. The van der Waals surface area contributed by atoms with E-state index < -0.39 is 0 Å². The number of aliphatic imine (C=N–C) groups is 1. The van der Waals surface area contributed by atoms with E-state index in [1.165, 1.54) is 12.8 Å². The third kappa shape index (κ3) is 3.82. The minimum absolute atomic E-state index is 0.120. The van der Waals surface area contributed by atoms with Crippen LogP contribution in [0, 0.1) is 13.8 Å². The zero-order valence-electron chi connectivity index (χ0n) is 18.4. The van der Waals surface area contributed by atoms with E-state index in [-0.39, 0.29) is 11.4 Å². The number of nitrogens with one attached hydrogen (secondary N) is 2. The summed E-state index contributed by atoms with van der Waals surface area (Å²) in [6, 6.07) is 8.64. The van der Waals surface area contributed by atoms with Crippen LogP contribution in [0.2, 0.25) is 0 Å². The monoisotopic (exact) mass is 421 g/mol. The summed E-state index contributed by atoms with van der Waals surface area (Å²) in [7, 11) is 0. The predicted molar refractivity (Wildman–Crippen MR) is 122 cm³/mol. The maximum Gasteiger partial charge on any atom is 0.227 e. The minimum Gasteiger partial charge on any atom is -0.370 e. The van der Waals surface area contributed by atoms with Gasteiger partial charge in [0.05, 0.1) is 36.1 Å². The number of piperidine rings is 1. The highest BCUT2D eigenvalue weighted by Crippen LogP contribution is 2.37. The van der Waals surface area contributed by atoms with Gasteiger partial charge in [0.1, 0.15) is 17.1 Å². The van der Waals surface area contributed by atoms with Crippen LogP contribution in [-0.4, -0.2) is 46.5 Å². The summed E-state index contributed by atoms with van der Waals surface area (Å²) < 4.78 is 5.26. The van der Waals surface area contributed by atoms with Crippen LogP contribution in [0.15, 0.2) is 33.8 Å². The number of amides is 1. The second kappa shape index (κ2) is 8.02. The Kier molecular flexibility index (Phi) is 5.20. The van der Waals surface area contributed by atoms with Crippen molar-refractivity contribution in [2.45, 2.75) is 70.4 Å². The van der Waals surface area contributed by atoms with Gasteiger partial charge in [0.2, 0.25) is 5.91 Å². The van der Waals surface area contributed by atoms with Crippen LogP contribution in [-0.2, 0) is 11.2 Å². The van der Waals surface area contributed by atoms with Crippen molar-refractivity contribution in [3.05, 3.63) is 41.3 Å². The van der Waals surface area contributed by atoms with Gasteiger partial charge < -0.3 is 20.1 Å². The van der Waals surface area contributed by atoms with E-state index in [4.69, 9.17) is 9.52 Å². The van der Waals surface area contributed by atoms with Gasteiger partial charge in [0, 0.05) is 12.1 Å². The topological polar surface area (TPSA) is 82.8 Å². The molecule has 1 atom stereocenters. The van der Waals surface area contributed by atoms with Crippen molar-refractivity contribution in [2.24, 2.45) is 4.99 Å². The zero-order chi connectivity index (χ0) is 21.4. The highest BCUT2D eigenvalue weighted by molar-refractivity contribution is 6.10. The van der Waals surface area contributed by atoms with Gasteiger partial charge in [-0.05, 0) is 51.7 Å². The summed E-state index contributed by atoms with van der Waals surface area (Å²) in [4.78, 5) is 20.4. The van der Waals surface area contributed by atoms with Crippen molar-refractivity contribution < 1.29 is 9.32 Å². The normalized spacial score (nSPS) is 24.8. The fourth-order valence-corrected chi connectivity index (χ4v) is 5.22. The van der Waals surface area contributed by atoms with Crippen LogP contribution >= 0.6 is 0 Å². The molecule has 0 unspecified atom stereocenters. The standard InChI is InChI=1S/C24H31N5O2/c1-16-19(17(2)31-28-16)14-22(30)29-13-7-12-24(15-29)23(25-18-8-3-4-9-18)26-20-10-5-6-11-21(20)27-24/h5-6,10-11,18,27H,3-4,7-9,12-15H2,1-2H3,(H,25,26)/t24-/m0/s1. The third-order valence-corrected chi connectivity index (χ3v) is 7.00. The van der Waals surface area contributed by atoms with E-state index in [1.807, 2.05) is 30.9 Å². The Morgan fingerprint density at radius 3 is 2.74 bits per heavy atom. The van der Waals surface area contributed by atoms with Gasteiger partial charge in [-0.15, -0.1) is 0 Å². The van der Waals surface area contributed by atoms with Crippen LogP contribution in [0.3, 0.4) is 0 Å². The fraction of sp³-hybridized carbons (Fsp3) is 0.542. The van der Waals surface area contributed by atoms with Gasteiger partial charge in [-0.25, -0.2) is 0 Å². The van der Waals surface area contributed by atoms with Crippen LogP contribution in [0.1, 0.15) is 55.5 Å². The molecule has 0 bridgehead atoms. The SMILES string of the molecule is Cc1noc(C)c1CC(=O)N1CCC[C@@]2(C1)Nc1ccccc1NC2=NC1CCCC1. The van der Waals surface area contributed by atoms with E-state index >= 15 is 0 Å². The number of fused-ring (bicyclic) bond motifs is 1. The molecule has 3 aliphatic rings. The van der Waals surface area contributed by atoms with E-state index in [0.29, 0.717) is 19.0 Å². The smallest absolute Gasteiger partial charge is 0.227 e. The number of hydrogen-bond acceptors (Lipinski definition) is 5. The highest BCUT2D eigenvalue weighted by atomic mass is 16.5. The van der Waals surface area contributed by atoms with E-state index in [2.05, 4.69) is 27.9 Å². The number of amidine groups is 1. The molecule has 164 valence electrons. The Balaban J connectivity index is 1.43. The Bertz CT molecular complexity index is 988. The molecule has 1 aromatic heterocycles. The Hall–Kier alpha value is -2.83. The lowest BCUT2D eigenvalue weighted by Gasteiger charge is -2.47. The van der Waals surface area contributed by atoms with Crippen LogP contribution < -0.4 is 10.6 Å². The molecule has 1 amide bonds. The number of benzene rings is 1. The lowest BCUT2D eigenvalue weighted by molar-refractivity contribution is -0.131. The number of hydrogen-bond donors (Lipinski definition) is 2. The Morgan fingerprint density at radius 2 is 2.00 bits per heavy atom. The van der Waals surface area contributed by atoms with Gasteiger partial charge in [-0.1, -0.05) is 30.1 Å². The molecule has 5 rings (SSSR count). The van der Waals surface area contributed by atoms with Crippen molar-refractivity contribution in [1.82, 2.24) is 10.1 Å². The first-order valence-corrected chi connectivity index (χ1v) is 11.5. The first-order valence-electron chi connectivity index (χ1n) is 11.5. The molecule has 1 saturated carbocycles. The van der Waals surface area contributed by atoms with E-state index in [9.17, 15) is 4.79 Å². The van der Waals surface area contributed by atoms with Crippen molar-refractivity contribution in [3.63, 3.8) is 0 Å². The first-order chi connectivity index (χ1) is 15.0. The summed E-state index contributed by atoms with van der Waals surface area (Å²) in [6.45, 7) is 5.15. The summed E-state index contributed by atoms with van der Waals surface area (Å²) in [6.07, 6.45) is 7.02. The lowest BCUT2D eigenvalue weighted by atomic mass is 9.84. The third-order valence-electron chi connectivity index (χ3n) is 7.00. The second-order valence-corrected chi connectivity index (χ2v) is 9.19. The van der Waals surface area contributed by atoms with Crippen LogP contribution in [0.4, 0.5) is 11.4 Å². The number of aryl methyl sites for hydroxylation is 2. The van der Waals surface area contributed by atoms with Crippen LogP contribution in [0.5, 0.6) is 0 Å². The largest absolute Gasteiger partial charge is 0.370 e. The average Bonchev–Trinajstić information content (AvgIpc) is 3.40. The average molecular weight is 422 g/mol. The maximum absolute atomic E-state index is 13.3. The number of rotatable bonds is 3. The Labute approximate surface area is 183 Å². The molecule has 2 aliphatic heterocycles. The molecule has 1 saturated heterocycles. The quantitative estimate of drug-likeness (QED) is 0.781.